The first kappa shape index (κ1) is 22.2. The van der Waals surface area contributed by atoms with Crippen molar-refractivity contribution in [3.8, 4) is 11.3 Å². The van der Waals surface area contributed by atoms with Crippen molar-refractivity contribution in [2.24, 2.45) is 0 Å². The number of benzene rings is 1. The summed E-state index contributed by atoms with van der Waals surface area (Å²) in [5.41, 5.74) is 6.89. The topological polar surface area (TPSA) is 144 Å². The Bertz CT molecular complexity index is 1500. The van der Waals surface area contributed by atoms with Crippen LogP contribution in [0.25, 0.3) is 22.4 Å². The third-order valence-electron chi connectivity index (χ3n) is 5.01. The van der Waals surface area contributed by atoms with Gasteiger partial charge in [0.15, 0.2) is 9.84 Å². The zero-order valence-corrected chi connectivity index (χ0v) is 19.0. The molecule has 4 aromatic rings. The van der Waals surface area contributed by atoms with Gasteiger partial charge in [-0.3, -0.25) is 20.4 Å². The van der Waals surface area contributed by atoms with Crippen molar-refractivity contribution in [2.45, 2.75) is 25.7 Å². The Morgan fingerprint density at radius 1 is 0.970 bits per heavy atom. The van der Waals surface area contributed by atoms with E-state index in [2.05, 4.69) is 21.0 Å². The van der Waals surface area contributed by atoms with Crippen LogP contribution in [0.3, 0.4) is 0 Å². The Morgan fingerprint density at radius 3 is 2.24 bits per heavy atom. The van der Waals surface area contributed by atoms with Crippen LogP contribution in [0, 0.1) is 20.8 Å². The minimum absolute atomic E-state index is 0.0857. The van der Waals surface area contributed by atoms with Crippen molar-refractivity contribution in [3.63, 3.8) is 0 Å². The standard InChI is InChI=1S/C22H20N4O6S/c1-11-9-16(13(3)31-11)18-10-17(19-12(2)26-32-22(19)23-18)21(28)25-24-20(27)14-5-7-15(8-6-14)33(4,29)30/h5-10H,1-4H3,(H,24,27)(H,25,28). The van der Waals surface area contributed by atoms with E-state index >= 15 is 0 Å². The molecule has 0 spiro atoms. The molecule has 1 aromatic carbocycles. The summed E-state index contributed by atoms with van der Waals surface area (Å²) in [6.45, 7) is 5.27. The molecule has 2 amide bonds. The molecule has 3 aromatic heterocycles. The molecule has 0 atom stereocenters. The van der Waals surface area contributed by atoms with Crippen molar-refractivity contribution >= 4 is 32.8 Å². The molecule has 2 N–H and O–H groups in total. The van der Waals surface area contributed by atoms with Gasteiger partial charge in [-0.25, -0.2) is 13.4 Å². The summed E-state index contributed by atoms with van der Waals surface area (Å²) in [5.74, 6) is 0.109. The summed E-state index contributed by atoms with van der Waals surface area (Å²) in [4.78, 5) is 29.9. The molecule has 3 heterocycles. The second-order valence-corrected chi connectivity index (χ2v) is 9.55. The quantitative estimate of drug-likeness (QED) is 0.435. The van der Waals surface area contributed by atoms with Gasteiger partial charge < -0.3 is 8.94 Å². The van der Waals surface area contributed by atoms with Crippen LogP contribution < -0.4 is 10.9 Å². The van der Waals surface area contributed by atoms with Crippen LogP contribution in [-0.2, 0) is 9.84 Å². The molecule has 0 saturated carbocycles. The number of nitrogens with zero attached hydrogens (tertiary/aromatic N) is 2. The minimum Gasteiger partial charge on any atom is -0.466 e. The van der Waals surface area contributed by atoms with Crippen molar-refractivity contribution in [2.75, 3.05) is 6.26 Å². The summed E-state index contributed by atoms with van der Waals surface area (Å²) in [5, 5.41) is 4.31. The van der Waals surface area contributed by atoms with E-state index in [9.17, 15) is 18.0 Å². The Balaban J connectivity index is 1.60. The predicted octanol–water partition coefficient (Wildman–Crippen LogP) is 2.89. The zero-order chi connectivity index (χ0) is 23.9. The smallest absolute Gasteiger partial charge is 0.270 e. The van der Waals surface area contributed by atoms with E-state index in [0.29, 0.717) is 33.9 Å². The number of hydrogen-bond acceptors (Lipinski definition) is 8. The second kappa shape index (κ2) is 8.17. The molecule has 0 saturated heterocycles. The highest BCUT2D eigenvalue weighted by atomic mass is 32.2. The van der Waals surface area contributed by atoms with Gasteiger partial charge in [0.2, 0.25) is 0 Å². The molecule has 170 valence electrons. The lowest BCUT2D eigenvalue weighted by Crippen LogP contribution is -2.41. The number of carbonyl (C=O) groups excluding carboxylic acids is 2. The molecule has 0 radical (unpaired) electrons. The summed E-state index contributed by atoms with van der Waals surface area (Å²) < 4.78 is 34.0. The number of carbonyl (C=O) groups is 2. The molecule has 10 nitrogen and oxygen atoms in total. The van der Waals surface area contributed by atoms with Gasteiger partial charge in [-0.2, -0.15) is 0 Å². The number of sulfone groups is 1. The lowest BCUT2D eigenvalue weighted by Gasteiger charge is -2.10. The number of hydrogen-bond donors (Lipinski definition) is 2. The van der Waals surface area contributed by atoms with E-state index in [1.54, 1.807) is 32.9 Å². The summed E-state index contributed by atoms with van der Waals surface area (Å²) >= 11 is 0. The third kappa shape index (κ3) is 4.35. The average Bonchev–Trinajstić information content (AvgIpc) is 3.31. The van der Waals surface area contributed by atoms with E-state index < -0.39 is 21.7 Å². The Hall–Kier alpha value is -3.99. The predicted molar refractivity (Wildman–Crippen MR) is 118 cm³/mol. The van der Waals surface area contributed by atoms with Gasteiger partial charge in [-0.15, -0.1) is 0 Å². The molecule has 0 bridgehead atoms. The van der Waals surface area contributed by atoms with Crippen LogP contribution in [0.2, 0.25) is 0 Å². The number of aromatic nitrogens is 2. The average molecular weight is 468 g/mol. The number of rotatable bonds is 4. The molecule has 4 rings (SSSR count). The normalized spacial score (nSPS) is 11.5. The highest BCUT2D eigenvalue weighted by Crippen LogP contribution is 2.30. The van der Waals surface area contributed by atoms with Crippen LogP contribution in [0.15, 0.2) is 50.2 Å². The maximum atomic E-state index is 13.0. The molecule has 0 unspecified atom stereocenters. The monoisotopic (exact) mass is 468 g/mol. The highest BCUT2D eigenvalue weighted by Gasteiger charge is 2.21. The van der Waals surface area contributed by atoms with Gasteiger partial charge in [-0.05, 0) is 57.2 Å². The van der Waals surface area contributed by atoms with Crippen LogP contribution in [-0.4, -0.2) is 36.6 Å². The largest absolute Gasteiger partial charge is 0.466 e. The van der Waals surface area contributed by atoms with Crippen molar-refractivity contribution in [1.82, 2.24) is 21.0 Å². The Kier molecular flexibility index (Phi) is 5.50. The van der Waals surface area contributed by atoms with Gasteiger partial charge >= 0.3 is 0 Å². The lowest BCUT2D eigenvalue weighted by molar-refractivity contribution is 0.0847. The summed E-state index contributed by atoms with van der Waals surface area (Å²) in [7, 11) is -3.38. The first-order chi connectivity index (χ1) is 15.5. The molecule has 0 aliphatic rings. The molecular weight excluding hydrogens is 448 g/mol. The second-order valence-electron chi connectivity index (χ2n) is 7.53. The molecule has 11 heteroatoms. The maximum Gasteiger partial charge on any atom is 0.270 e. The van der Waals surface area contributed by atoms with Gasteiger partial charge in [0.05, 0.1) is 27.2 Å². The number of amides is 2. The Morgan fingerprint density at radius 2 is 1.64 bits per heavy atom. The lowest BCUT2D eigenvalue weighted by atomic mass is 10.1. The SMILES string of the molecule is Cc1cc(-c2cc(C(=O)NNC(=O)c3ccc(S(C)(=O)=O)cc3)c3c(C)noc3n2)c(C)o1. The number of pyridine rings is 1. The maximum absolute atomic E-state index is 13.0. The van der Waals surface area contributed by atoms with E-state index in [-0.39, 0.29) is 21.7 Å². The van der Waals surface area contributed by atoms with Crippen molar-refractivity contribution in [1.29, 1.82) is 0 Å². The molecule has 33 heavy (non-hydrogen) atoms. The van der Waals surface area contributed by atoms with E-state index in [1.807, 2.05) is 0 Å². The van der Waals surface area contributed by atoms with E-state index in [4.69, 9.17) is 8.94 Å². The zero-order valence-electron chi connectivity index (χ0n) is 18.2. The Labute approximate surface area is 188 Å². The summed E-state index contributed by atoms with van der Waals surface area (Å²) in [6.07, 6.45) is 1.07. The minimum atomic E-state index is -3.38. The fourth-order valence-corrected chi connectivity index (χ4v) is 4.03. The fraction of sp³-hybridized carbons (Fsp3) is 0.182. The summed E-state index contributed by atoms with van der Waals surface area (Å²) in [6, 6.07) is 8.73. The number of furan rings is 1. The van der Waals surface area contributed by atoms with E-state index in [1.165, 1.54) is 24.3 Å². The highest BCUT2D eigenvalue weighted by molar-refractivity contribution is 7.90. The molecule has 0 aliphatic carbocycles. The molecule has 0 fully saturated rings. The number of hydrazine groups is 1. The fourth-order valence-electron chi connectivity index (χ4n) is 3.40. The van der Waals surface area contributed by atoms with Crippen LogP contribution in [0.5, 0.6) is 0 Å². The molecule has 0 aliphatic heterocycles. The first-order valence-electron chi connectivity index (χ1n) is 9.80. The van der Waals surface area contributed by atoms with Crippen LogP contribution in [0.1, 0.15) is 37.9 Å². The first-order valence-corrected chi connectivity index (χ1v) is 11.7. The molecular formula is C22H20N4O6S. The van der Waals surface area contributed by atoms with Gasteiger partial charge in [0.25, 0.3) is 17.5 Å². The van der Waals surface area contributed by atoms with E-state index in [0.717, 1.165) is 6.26 Å². The van der Waals surface area contributed by atoms with Crippen molar-refractivity contribution in [3.05, 3.63) is 64.7 Å². The number of fused-ring (bicyclic) bond motifs is 1. The van der Waals surface area contributed by atoms with Crippen LogP contribution in [0.4, 0.5) is 0 Å². The van der Waals surface area contributed by atoms with Crippen LogP contribution >= 0.6 is 0 Å². The number of nitrogens with one attached hydrogen (secondary N) is 2. The third-order valence-corrected chi connectivity index (χ3v) is 6.14. The van der Waals surface area contributed by atoms with Gasteiger partial charge in [0, 0.05) is 17.4 Å². The van der Waals surface area contributed by atoms with Gasteiger partial charge in [-0.1, -0.05) is 5.16 Å². The number of aryl methyl sites for hydroxylation is 3. The van der Waals surface area contributed by atoms with Gasteiger partial charge in [0.1, 0.15) is 11.5 Å². The van der Waals surface area contributed by atoms with Crippen molar-refractivity contribution < 1.29 is 26.9 Å².